The molecule has 0 aliphatic heterocycles. The molecule has 0 aromatic carbocycles. The Morgan fingerprint density at radius 2 is 1.17 bits per heavy atom. The molecule has 0 spiro atoms. The average Bonchev–Trinajstić information content (AvgIpc) is 1.50. The normalized spacial score (nSPS) is 2.00. The Morgan fingerprint density at radius 3 is 1.17 bits per heavy atom. The predicted octanol–water partition coefficient (Wildman–Crippen LogP) is -1.53. The molecule has 0 aliphatic carbocycles. The number of rotatable bonds is 0. The molecule has 0 aromatic heterocycles. The van der Waals surface area contributed by atoms with Gasteiger partial charge in [0.2, 0.25) is 0 Å². The molecule has 5 nitrogen and oxygen atoms in total. The minimum absolute atomic E-state index is 0. The summed E-state index contributed by atoms with van der Waals surface area (Å²) in [6, 6.07) is 0. The van der Waals surface area contributed by atoms with Crippen molar-refractivity contribution in [2.24, 2.45) is 0 Å². The zero-order valence-electron chi connectivity index (χ0n) is 5.01. The summed E-state index contributed by atoms with van der Waals surface area (Å²) in [5.41, 5.74) is 0. The van der Waals surface area contributed by atoms with Crippen LogP contribution in [0.3, 0.4) is 0 Å². The first-order valence-electron chi connectivity index (χ1n) is 0.489. The van der Waals surface area contributed by atoms with Crippen LogP contribution in [-0.2, 0) is 21.8 Å². The fraction of sp³-hybridized carbons (Fsp3) is 0. The second-order valence-electron chi connectivity index (χ2n) is 0. The summed E-state index contributed by atoms with van der Waals surface area (Å²) in [6.07, 6.45) is 0. The van der Waals surface area contributed by atoms with Crippen molar-refractivity contribution < 1.29 is 46.1 Å². The van der Waals surface area contributed by atoms with Crippen LogP contribution in [-0.4, -0.2) is 21.5 Å². The fourth-order valence-corrected chi connectivity index (χ4v) is 0. The third-order valence-corrected chi connectivity index (χ3v) is 0. The fourth-order valence-electron chi connectivity index (χ4n) is 0. The van der Waals surface area contributed by atoms with E-state index in [0.29, 0.717) is 0 Å². The Kier molecular flexibility index (Phi) is 7790. The Morgan fingerprint density at radius 1 is 1.17 bits per heavy atom. The first-order chi connectivity index (χ1) is 2.00. The van der Waals surface area contributed by atoms with Gasteiger partial charge < -0.3 is 11.0 Å². The van der Waals surface area contributed by atoms with E-state index in [2.05, 4.69) is 0 Å². The van der Waals surface area contributed by atoms with E-state index in [1.54, 1.807) is 0 Å². The van der Waals surface area contributed by atoms with E-state index in [0.717, 1.165) is 0 Å². The van der Waals surface area contributed by atoms with Crippen molar-refractivity contribution >= 4 is 0 Å². The monoisotopic (exact) mass is 152 g/mol. The van der Waals surface area contributed by atoms with Gasteiger partial charge in [-0.05, 0) is 0 Å². The van der Waals surface area contributed by atoms with Crippen LogP contribution in [0.4, 0.5) is 0 Å². The van der Waals surface area contributed by atoms with Gasteiger partial charge in [-0.3, -0.25) is 10.5 Å². The summed E-state index contributed by atoms with van der Waals surface area (Å²) in [4.78, 5) is 0. The molecule has 0 amide bonds. The maximum atomic E-state index is 8.38. The number of hydrogen-bond acceptors (Lipinski definition) is 3. The van der Waals surface area contributed by atoms with E-state index in [-0.39, 0.29) is 32.1 Å². The molecule has 6 heavy (non-hydrogen) atoms. The van der Waals surface area contributed by atoms with E-state index in [1.165, 1.54) is 0 Å². The molecule has 0 unspecified atom stereocenters. The van der Waals surface area contributed by atoms with Crippen molar-refractivity contribution in [1.29, 1.82) is 0 Å². The molecule has 38 valence electrons. The molecule has 0 saturated heterocycles. The topological polar surface area (TPSA) is 121 Å². The predicted molar refractivity (Wildman–Crippen MR) is 15.4 cm³/mol. The zero-order chi connectivity index (χ0) is 4.00. The van der Waals surface area contributed by atoms with Gasteiger partial charge in [0.05, 0.1) is 0 Å². The van der Waals surface area contributed by atoms with Crippen LogP contribution in [0.5, 0.6) is 0 Å². The molecular formula is H8O5Zn+2. The van der Waals surface area contributed by atoms with Crippen LogP contribution in [0.1, 0.15) is 2.85 Å². The van der Waals surface area contributed by atoms with Crippen LogP contribution in [0.15, 0.2) is 0 Å². The summed E-state index contributed by atoms with van der Waals surface area (Å²) in [7, 11) is 0. The van der Waals surface area contributed by atoms with Crippen LogP contribution < -0.4 is 0 Å². The van der Waals surface area contributed by atoms with E-state index >= 15 is 0 Å². The Labute approximate surface area is 47.1 Å². The van der Waals surface area contributed by atoms with E-state index in [1.807, 2.05) is 0 Å². The second kappa shape index (κ2) is 1380. The maximum absolute atomic E-state index is 8.38. The third kappa shape index (κ3) is 655. The molecule has 6 heteroatoms. The van der Waals surface area contributed by atoms with Crippen LogP contribution in [0, 0.1) is 0 Å². The van der Waals surface area contributed by atoms with Gasteiger partial charge in [0.25, 0.3) is 0 Å². The summed E-state index contributed by atoms with van der Waals surface area (Å²) in [5, 5.41) is 12.0. The van der Waals surface area contributed by atoms with Crippen molar-refractivity contribution in [2.75, 3.05) is 0 Å². The van der Waals surface area contributed by atoms with Crippen LogP contribution in [0.2, 0.25) is 0 Å². The quantitative estimate of drug-likeness (QED) is 0.249. The summed E-state index contributed by atoms with van der Waals surface area (Å²) in [5.74, 6) is 0. The van der Waals surface area contributed by atoms with Gasteiger partial charge in [-0.25, -0.2) is 0 Å². The van der Waals surface area contributed by atoms with Crippen molar-refractivity contribution in [1.82, 2.24) is 0 Å². The molecule has 0 rings (SSSR count). The van der Waals surface area contributed by atoms with Crippen LogP contribution >= 0.6 is 0 Å². The van der Waals surface area contributed by atoms with Crippen LogP contribution in [0.25, 0.3) is 0 Å². The minimum atomic E-state index is 0. The molecule has 0 fully saturated rings. The van der Waals surface area contributed by atoms with Gasteiger partial charge in [-0.15, -0.1) is 0 Å². The molecule has 0 radical (unpaired) electrons. The standard InChI is InChI=1S/H2O2.2H2O.O.Zn/c1-2;;;;/h1-2H;2*1H2;;/p+2. The first-order valence-corrected chi connectivity index (χ1v) is 1.70. The molecule has 0 saturated carbocycles. The van der Waals surface area contributed by atoms with E-state index < -0.39 is 0 Å². The van der Waals surface area contributed by atoms with Crippen molar-refractivity contribution in [3.63, 3.8) is 0 Å². The van der Waals surface area contributed by atoms with Gasteiger partial charge in [-0.2, -0.15) is 0 Å². The van der Waals surface area contributed by atoms with E-state index in [9.17, 15) is 0 Å². The molecule has 0 bridgehead atoms. The second-order valence-corrected chi connectivity index (χ2v) is 0. The van der Waals surface area contributed by atoms with Gasteiger partial charge in [-0.1, -0.05) is 0 Å². The molecular weight excluding hydrogens is 145 g/mol. The Balaban J connectivity index is -0.00000000167. The molecule has 0 aliphatic rings. The Hall–Kier alpha value is 0.263. The van der Waals surface area contributed by atoms with E-state index in [4.69, 9.17) is 14.1 Å². The Bertz CT molecular complexity index is 10.4. The van der Waals surface area contributed by atoms with Crippen molar-refractivity contribution in [3.05, 3.63) is 0 Å². The van der Waals surface area contributed by atoms with Crippen molar-refractivity contribution in [2.45, 2.75) is 0 Å². The molecule has 0 atom stereocenters. The molecule has 6 N–H and O–H groups in total. The molecule has 0 aromatic rings. The zero-order valence-corrected chi connectivity index (χ0v) is 5.98. The summed E-state index contributed by atoms with van der Waals surface area (Å²) >= 11 is 0.125. The van der Waals surface area contributed by atoms with Crippen molar-refractivity contribution in [3.8, 4) is 0 Å². The first kappa shape index (κ1) is 33.9. The van der Waals surface area contributed by atoms with Gasteiger partial charge in [0.15, 0.2) is 0 Å². The van der Waals surface area contributed by atoms with Gasteiger partial charge in [0.1, 0.15) is 0 Å². The molecule has 0 heterocycles. The number of hydrogen-bond donors (Lipinski definition) is 2. The summed E-state index contributed by atoms with van der Waals surface area (Å²) in [6.45, 7) is 0. The third-order valence-electron chi connectivity index (χ3n) is 0. The van der Waals surface area contributed by atoms with Gasteiger partial charge >= 0.3 is 24.7 Å². The summed E-state index contributed by atoms with van der Waals surface area (Å²) < 4.78 is 8.38. The SMILES string of the molecule is O.O.OO.[H+].[H+].[O]=[Zn]. The average molecular weight is 153 g/mol. The van der Waals surface area contributed by atoms with Gasteiger partial charge in [0, 0.05) is 0 Å².